The summed E-state index contributed by atoms with van der Waals surface area (Å²) < 4.78 is 34.0. The number of ether oxygens (including phenoxy) is 1. The standard InChI is InChI=1S/C19H25ClN4O5S/c1-22-12-17(10-18(22)19(21)26)30(27,28)24-8-6-23(7-9-24)11-15(25)13-29-16-4-2-14(20)3-5-16/h2-5,10,12,15,25H,6-9,11,13H2,1H3,(H2,21,26). The van der Waals surface area contributed by atoms with Gasteiger partial charge in [-0.05, 0) is 30.3 Å². The van der Waals surface area contributed by atoms with Gasteiger partial charge in [-0.15, -0.1) is 0 Å². The van der Waals surface area contributed by atoms with E-state index in [1.165, 1.54) is 21.1 Å². The Balaban J connectivity index is 1.50. The molecule has 0 radical (unpaired) electrons. The van der Waals surface area contributed by atoms with Crippen LogP contribution in [0.3, 0.4) is 0 Å². The molecule has 3 N–H and O–H groups in total. The molecule has 164 valence electrons. The number of β-amino-alcohol motifs (C(OH)–C–C–N with tert-alkyl or cyclic N) is 1. The van der Waals surface area contributed by atoms with Gasteiger partial charge in [-0.25, -0.2) is 8.42 Å². The summed E-state index contributed by atoms with van der Waals surface area (Å²) in [5.41, 5.74) is 5.40. The number of primary amides is 1. The normalized spacial score (nSPS) is 17.0. The zero-order valence-corrected chi connectivity index (χ0v) is 18.1. The van der Waals surface area contributed by atoms with Crippen molar-refractivity contribution in [2.75, 3.05) is 39.3 Å². The fraction of sp³-hybridized carbons (Fsp3) is 0.421. The zero-order chi connectivity index (χ0) is 21.9. The number of aromatic nitrogens is 1. The van der Waals surface area contributed by atoms with Crippen molar-refractivity contribution in [3.8, 4) is 5.75 Å². The van der Waals surface area contributed by atoms with Gasteiger partial charge in [0.05, 0.1) is 0 Å². The first kappa shape index (κ1) is 22.6. The first-order valence-electron chi connectivity index (χ1n) is 9.42. The van der Waals surface area contributed by atoms with Crippen molar-refractivity contribution < 1.29 is 23.1 Å². The zero-order valence-electron chi connectivity index (χ0n) is 16.6. The molecule has 2 heterocycles. The number of hydrogen-bond acceptors (Lipinski definition) is 6. The van der Waals surface area contributed by atoms with Crippen LogP contribution in [0.15, 0.2) is 41.4 Å². The predicted octanol–water partition coefficient (Wildman–Crippen LogP) is 0.524. The minimum atomic E-state index is -3.72. The molecule has 1 aromatic heterocycles. The van der Waals surface area contributed by atoms with Crippen LogP contribution in [-0.4, -0.2) is 78.6 Å². The van der Waals surface area contributed by atoms with Gasteiger partial charge < -0.3 is 20.1 Å². The van der Waals surface area contributed by atoms with E-state index in [0.29, 0.717) is 30.4 Å². The number of aliphatic hydroxyl groups excluding tert-OH is 1. The molecule has 1 atom stereocenters. The van der Waals surface area contributed by atoms with Gasteiger partial charge in [0.2, 0.25) is 10.0 Å². The Morgan fingerprint density at radius 2 is 1.87 bits per heavy atom. The molecule has 2 aromatic rings. The van der Waals surface area contributed by atoms with E-state index >= 15 is 0 Å². The van der Waals surface area contributed by atoms with Gasteiger partial charge in [-0.1, -0.05) is 11.6 Å². The van der Waals surface area contributed by atoms with Crippen LogP contribution in [0.2, 0.25) is 5.02 Å². The number of halogens is 1. The van der Waals surface area contributed by atoms with Gasteiger partial charge in [0.25, 0.3) is 5.91 Å². The van der Waals surface area contributed by atoms with Gasteiger partial charge in [-0.2, -0.15) is 4.31 Å². The molecule has 1 aliphatic rings. The number of nitrogens with zero attached hydrogens (tertiary/aromatic N) is 3. The van der Waals surface area contributed by atoms with Crippen molar-refractivity contribution in [1.82, 2.24) is 13.8 Å². The summed E-state index contributed by atoms with van der Waals surface area (Å²) in [6, 6.07) is 8.17. The van der Waals surface area contributed by atoms with Crippen LogP contribution in [0.1, 0.15) is 10.5 Å². The number of aliphatic hydroxyl groups is 1. The average Bonchev–Trinajstić information content (AvgIpc) is 3.11. The number of piperazine rings is 1. The second-order valence-corrected chi connectivity index (χ2v) is 9.53. The van der Waals surface area contributed by atoms with Crippen molar-refractivity contribution in [2.45, 2.75) is 11.0 Å². The molecule has 0 aliphatic carbocycles. The number of benzene rings is 1. The fourth-order valence-electron chi connectivity index (χ4n) is 3.30. The Morgan fingerprint density at radius 3 is 2.43 bits per heavy atom. The molecule has 0 saturated carbocycles. The van der Waals surface area contributed by atoms with Gasteiger partial charge in [0, 0.05) is 51.0 Å². The smallest absolute Gasteiger partial charge is 0.265 e. The molecular formula is C19H25ClN4O5S. The number of sulfonamides is 1. The van der Waals surface area contributed by atoms with E-state index in [1.54, 1.807) is 31.3 Å². The largest absolute Gasteiger partial charge is 0.491 e. The quantitative estimate of drug-likeness (QED) is 0.598. The van der Waals surface area contributed by atoms with E-state index in [9.17, 15) is 18.3 Å². The number of nitrogens with two attached hydrogens (primary N) is 1. The highest BCUT2D eigenvalue weighted by Gasteiger charge is 2.30. The van der Waals surface area contributed by atoms with Gasteiger partial charge in [-0.3, -0.25) is 9.69 Å². The van der Waals surface area contributed by atoms with Crippen LogP contribution in [-0.2, 0) is 17.1 Å². The first-order chi connectivity index (χ1) is 14.2. The van der Waals surface area contributed by atoms with Crippen LogP contribution in [0.5, 0.6) is 5.75 Å². The third-order valence-electron chi connectivity index (χ3n) is 4.93. The van der Waals surface area contributed by atoms with Crippen LogP contribution < -0.4 is 10.5 Å². The molecule has 11 heteroatoms. The average molecular weight is 457 g/mol. The predicted molar refractivity (Wildman–Crippen MR) is 112 cm³/mol. The number of carbonyl (C=O) groups excluding carboxylic acids is 1. The summed E-state index contributed by atoms with van der Waals surface area (Å²) in [5, 5.41) is 10.8. The Labute approximate surface area is 180 Å². The summed E-state index contributed by atoms with van der Waals surface area (Å²) in [7, 11) is -2.14. The van der Waals surface area contributed by atoms with E-state index in [1.807, 2.05) is 4.90 Å². The maximum atomic E-state index is 12.9. The monoisotopic (exact) mass is 456 g/mol. The van der Waals surface area contributed by atoms with E-state index in [4.69, 9.17) is 22.1 Å². The first-order valence-corrected chi connectivity index (χ1v) is 11.2. The Bertz CT molecular complexity index is 985. The lowest BCUT2D eigenvalue weighted by molar-refractivity contribution is 0.0569. The lowest BCUT2D eigenvalue weighted by Crippen LogP contribution is -2.50. The minimum Gasteiger partial charge on any atom is -0.491 e. The Hall–Kier alpha value is -2.11. The number of rotatable bonds is 8. The second-order valence-electron chi connectivity index (χ2n) is 7.16. The number of aryl methyl sites for hydroxylation is 1. The molecule has 9 nitrogen and oxygen atoms in total. The van der Waals surface area contributed by atoms with Crippen LogP contribution in [0, 0.1) is 0 Å². The topological polar surface area (TPSA) is 118 Å². The third-order valence-corrected chi connectivity index (χ3v) is 7.04. The Morgan fingerprint density at radius 1 is 1.23 bits per heavy atom. The molecule has 1 aliphatic heterocycles. The summed E-state index contributed by atoms with van der Waals surface area (Å²) in [6.07, 6.45) is 0.677. The molecule has 0 spiro atoms. The maximum Gasteiger partial charge on any atom is 0.265 e. The lowest BCUT2D eigenvalue weighted by atomic mass is 10.3. The van der Waals surface area contributed by atoms with Crippen molar-refractivity contribution in [3.05, 3.63) is 47.2 Å². The minimum absolute atomic E-state index is 0.0450. The van der Waals surface area contributed by atoms with Crippen molar-refractivity contribution in [1.29, 1.82) is 0 Å². The Kier molecular flexibility index (Phi) is 7.04. The molecule has 0 bridgehead atoms. The number of carbonyl (C=O) groups is 1. The maximum absolute atomic E-state index is 12.9. The van der Waals surface area contributed by atoms with Crippen molar-refractivity contribution in [2.24, 2.45) is 12.8 Å². The van der Waals surface area contributed by atoms with Gasteiger partial charge in [0.1, 0.15) is 29.0 Å². The summed E-state index contributed by atoms with van der Waals surface area (Å²) in [5.74, 6) is -0.0638. The van der Waals surface area contributed by atoms with E-state index in [-0.39, 0.29) is 30.3 Å². The SMILES string of the molecule is Cn1cc(S(=O)(=O)N2CCN(CC(O)COc3ccc(Cl)cc3)CC2)cc1C(N)=O. The fourth-order valence-corrected chi connectivity index (χ4v) is 4.92. The van der Waals surface area contributed by atoms with E-state index < -0.39 is 22.0 Å². The van der Waals surface area contributed by atoms with E-state index in [0.717, 1.165) is 0 Å². The van der Waals surface area contributed by atoms with Crippen molar-refractivity contribution >= 4 is 27.5 Å². The molecule has 1 aromatic carbocycles. The molecular weight excluding hydrogens is 432 g/mol. The molecule has 1 unspecified atom stereocenters. The highest BCUT2D eigenvalue weighted by molar-refractivity contribution is 7.89. The summed E-state index contributed by atoms with van der Waals surface area (Å²) >= 11 is 5.83. The number of amides is 1. The molecule has 1 saturated heterocycles. The summed E-state index contributed by atoms with van der Waals surface area (Å²) in [4.78, 5) is 13.4. The molecule has 1 amide bonds. The van der Waals surface area contributed by atoms with Gasteiger partial charge in [0.15, 0.2) is 0 Å². The number of hydrogen-bond donors (Lipinski definition) is 2. The molecule has 3 rings (SSSR count). The third kappa shape index (κ3) is 5.32. The van der Waals surface area contributed by atoms with Crippen molar-refractivity contribution in [3.63, 3.8) is 0 Å². The summed E-state index contributed by atoms with van der Waals surface area (Å²) in [6.45, 7) is 2.03. The molecule has 1 fully saturated rings. The highest BCUT2D eigenvalue weighted by atomic mass is 35.5. The van der Waals surface area contributed by atoms with E-state index in [2.05, 4.69) is 0 Å². The molecule has 30 heavy (non-hydrogen) atoms. The lowest BCUT2D eigenvalue weighted by Gasteiger charge is -2.34. The van der Waals surface area contributed by atoms with Crippen LogP contribution >= 0.6 is 11.6 Å². The van der Waals surface area contributed by atoms with Crippen LogP contribution in [0.4, 0.5) is 0 Å². The highest BCUT2D eigenvalue weighted by Crippen LogP contribution is 2.20. The second kappa shape index (κ2) is 9.36. The van der Waals surface area contributed by atoms with Crippen LogP contribution in [0.25, 0.3) is 0 Å². The van der Waals surface area contributed by atoms with Gasteiger partial charge >= 0.3 is 0 Å².